The quantitative estimate of drug-likeness (QED) is 0.694. The first-order valence-corrected chi connectivity index (χ1v) is 5.44. The van der Waals surface area contributed by atoms with Gasteiger partial charge in [0.1, 0.15) is 0 Å². The lowest BCUT2D eigenvalue weighted by molar-refractivity contribution is 0.175. The molecular weight excluding hydrogens is 204 g/mol. The van der Waals surface area contributed by atoms with Gasteiger partial charge in [0.05, 0.1) is 0 Å². The molecule has 0 aromatic rings. The maximum Gasteiger partial charge on any atom is 0.425 e. The van der Waals surface area contributed by atoms with E-state index in [0.29, 0.717) is 4.31 Å². The molecule has 6 heteroatoms. The summed E-state index contributed by atoms with van der Waals surface area (Å²) in [5.41, 5.74) is 4.94. The minimum atomic E-state index is -1.28. The number of amides is 3. The number of carboxylic acid groups (broad SMARTS) is 1. The molecule has 1 aliphatic rings. The third-order valence-electron chi connectivity index (χ3n) is 2.18. The number of rotatable bonds is 2. The van der Waals surface area contributed by atoms with Gasteiger partial charge in [-0.2, -0.15) is 4.31 Å². The number of primary amides is 1. The van der Waals surface area contributed by atoms with Crippen LogP contribution in [-0.4, -0.2) is 26.8 Å². The van der Waals surface area contributed by atoms with E-state index in [0.717, 1.165) is 37.6 Å². The molecule has 3 amide bonds. The van der Waals surface area contributed by atoms with Gasteiger partial charge in [0.15, 0.2) is 0 Å². The summed E-state index contributed by atoms with van der Waals surface area (Å²) in [4.78, 5) is 21.4. The zero-order chi connectivity index (χ0) is 10.6. The van der Waals surface area contributed by atoms with Gasteiger partial charge in [0, 0.05) is 5.25 Å². The minimum Gasteiger partial charge on any atom is -0.464 e. The molecule has 0 aromatic heterocycles. The summed E-state index contributed by atoms with van der Waals surface area (Å²) in [6.45, 7) is 0. The van der Waals surface area contributed by atoms with E-state index in [1.54, 1.807) is 0 Å². The Balaban J connectivity index is 2.45. The van der Waals surface area contributed by atoms with Crippen molar-refractivity contribution in [2.24, 2.45) is 5.73 Å². The van der Waals surface area contributed by atoms with E-state index in [1.807, 2.05) is 0 Å². The van der Waals surface area contributed by atoms with Crippen LogP contribution in [0.1, 0.15) is 32.1 Å². The highest BCUT2D eigenvalue weighted by Gasteiger charge is 2.24. The van der Waals surface area contributed by atoms with Gasteiger partial charge in [0.2, 0.25) is 0 Å². The Morgan fingerprint density at radius 2 is 1.86 bits per heavy atom. The summed E-state index contributed by atoms with van der Waals surface area (Å²) in [5, 5.41) is 8.89. The Labute approximate surface area is 86.8 Å². The summed E-state index contributed by atoms with van der Waals surface area (Å²) in [6, 6.07) is -0.909. The Bertz CT molecular complexity index is 215. The largest absolute Gasteiger partial charge is 0.464 e. The lowest BCUT2D eigenvalue weighted by Crippen LogP contribution is -2.36. The van der Waals surface area contributed by atoms with Crippen molar-refractivity contribution in [1.82, 2.24) is 4.31 Å². The number of imide groups is 1. The van der Waals surface area contributed by atoms with E-state index in [1.165, 1.54) is 6.42 Å². The van der Waals surface area contributed by atoms with Crippen molar-refractivity contribution in [1.29, 1.82) is 0 Å². The zero-order valence-electron chi connectivity index (χ0n) is 7.81. The first kappa shape index (κ1) is 11.2. The zero-order valence-corrected chi connectivity index (χ0v) is 8.63. The molecule has 0 spiro atoms. The number of carbonyl (C=O) groups excluding carboxylic acids is 1. The Morgan fingerprint density at radius 3 is 2.29 bits per heavy atom. The molecule has 1 rings (SSSR count). The second-order valence-corrected chi connectivity index (χ2v) is 4.52. The van der Waals surface area contributed by atoms with Crippen molar-refractivity contribution in [3.05, 3.63) is 0 Å². The van der Waals surface area contributed by atoms with Crippen molar-refractivity contribution in [2.75, 3.05) is 0 Å². The molecule has 14 heavy (non-hydrogen) atoms. The highest BCUT2D eigenvalue weighted by Crippen LogP contribution is 2.30. The summed E-state index contributed by atoms with van der Waals surface area (Å²) in [6.07, 6.45) is 4.03. The maximum absolute atomic E-state index is 10.8. The number of hydrogen-bond acceptors (Lipinski definition) is 3. The lowest BCUT2D eigenvalue weighted by atomic mass is 10.0. The van der Waals surface area contributed by atoms with Crippen LogP contribution in [0.15, 0.2) is 0 Å². The lowest BCUT2D eigenvalue weighted by Gasteiger charge is -2.24. The fourth-order valence-corrected chi connectivity index (χ4v) is 2.55. The molecule has 1 fully saturated rings. The van der Waals surface area contributed by atoms with Gasteiger partial charge in [-0.25, -0.2) is 9.59 Å². The average Bonchev–Trinajstić information content (AvgIpc) is 2.15. The molecule has 0 aromatic carbocycles. The number of hydrogen-bond donors (Lipinski definition) is 2. The summed E-state index contributed by atoms with van der Waals surface area (Å²) >= 11 is 1.04. The number of urea groups is 1. The average molecular weight is 218 g/mol. The summed E-state index contributed by atoms with van der Waals surface area (Å²) in [5.74, 6) is 0. The smallest absolute Gasteiger partial charge is 0.425 e. The Kier molecular flexibility index (Phi) is 4.06. The molecular formula is C8H14N2O3S. The SMILES string of the molecule is NC(=O)N(SC1CCCCC1)C(=O)O. The van der Waals surface area contributed by atoms with E-state index in [4.69, 9.17) is 10.8 Å². The van der Waals surface area contributed by atoms with Crippen molar-refractivity contribution in [3.63, 3.8) is 0 Å². The van der Waals surface area contributed by atoms with Crippen LogP contribution in [0.2, 0.25) is 0 Å². The molecule has 5 nitrogen and oxygen atoms in total. The van der Waals surface area contributed by atoms with Crippen LogP contribution >= 0.6 is 11.9 Å². The normalized spacial score (nSPS) is 17.7. The topological polar surface area (TPSA) is 83.6 Å². The molecule has 0 heterocycles. The minimum absolute atomic E-state index is 0.215. The fraction of sp³-hybridized carbons (Fsp3) is 0.750. The molecule has 80 valence electrons. The van der Waals surface area contributed by atoms with Crippen molar-refractivity contribution in [3.8, 4) is 0 Å². The first-order valence-electron chi connectivity index (χ1n) is 4.60. The number of nitrogens with two attached hydrogens (primary N) is 1. The third kappa shape index (κ3) is 3.10. The van der Waals surface area contributed by atoms with Crippen LogP contribution in [0.3, 0.4) is 0 Å². The van der Waals surface area contributed by atoms with Crippen LogP contribution < -0.4 is 5.73 Å². The van der Waals surface area contributed by atoms with Gasteiger partial charge in [-0.05, 0) is 24.8 Å². The Hall–Kier alpha value is -0.910. The van der Waals surface area contributed by atoms with Gasteiger partial charge >= 0.3 is 12.1 Å². The molecule has 0 aliphatic heterocycles. The molecule has 0 atom stereocenters. The van der Waals surface area contributed by atoms with Crippen LogP contribution in [0.4, 0.5) is 9.59 Å². The van der Waals surface area contributed by atoms with Crippen LogP contribution in [0.5, 0.6) is 0 Å². The van der Waals surface area contributed by atoms with E-state index in [2.05, 4.69) is 0 Å². The highest BCUT2D eigenvalue weighted by atomic mass is 32.2. The second kappa shape index (κ2) is 5.09. The number of nitrogens with zero attached hydrogens (tertiary/aromatic N) is 1. The molecule has 1 aliphatic carbocycles. The van der Waals surface area contributed by atoms with Gasteiger partial charge < -0.3 is 10.8 Å². The van der Waals surface area contributed by atoms with Gasteiger partial charge in [-0.1, -0.05) is 19.3 Å². The van der Waals surface area contributed by atoms with Crippen molar-refractivity contribution in [2.45, 2.75) is 37.4 Å². The van der Waals surface area contributed by atoms with E-state index in [9.17, 15) is 9.59 Å². The van der Waals surface area contributed by atoms with E-state index < -0.39 is 12.1 Å². The van der Waals surface area contributed by atoms with Crippen LogP contribution in [0.25, 0.3) is 0 Å². The predicted octanol–water partition coefficient (Wildman–Crippen LogP) is 2.03. The van der Waals surface area contributed by atoms with Crippen LogP contribution in [-0.2, 0) is 0 Å². The summed E-state index contributed by atoms with van der Waals surface area (Å²) < 4.78 is 0.621. The molecule has 0 unspecified atom stereocenters. The highest BCUT2D eigenvalue weighted by molar-refractivity contribution is 7.98. The molecule has 3 N–H and O–H groups in total. The Morgan fingerprint density at radius 1 is 1.29 bits per heavy atom. The van der Waals surface area contributed by atoms with Gasteiger partial charge in [-0.15, -0.1) is 0 Å². The molecule has 1 saturated carbocycles. The van der Waals surface area contributed by atoms with Crippen LogP contribution in [0, 0.1) is 0 Å². The third-order valence-corrected chi connectivity index (χ3v) is 3.50. The van der Waals surface area contributed by atoms with E-state index in [-0.39, 0.29) is 5.25 Å². The second-order valence-electron chi connectivity index (χ2n) is 3.28. The van der Waals surface area contributed by atoms with Crippen molar-refractivity contribution >= 4 is 24.1 Å². The van der Waals surface area contributed by atoms with Gasteiger partial charge in [-0.3, -0.25) is 0 Å². The standard InChI is InChI=1S/C8H14N2O3S/c9-7(11)10(8(12)13)14-6-4-2-1-3-5-6/h6H,1-5H2,(H2,9,11)(H,12,13). The first-order chi connectivity index (χ1) is 6.61. The molecule has 0 saturated heterocycles. The molecule has 0 bridgehead atoms. The van der Waals surface area contributed by atoms with E-state index >= 15 is 0 Å². The summed E-state index contributed by atoms with van der Waals surface area (Å²) in [7, 11) is 0. The number of carbonyl (C=O) groups is 2. The fourth-order valence-electron chi connectivity index (χ4n) is 1.51. The van der Waals surface area contributed by atoms with Crippen molar-refractivity contribution < 1.29 is 14.7 Å². The van der Waals surface area contributed by atoms with Gasteiger partial charge in [0.25, 0.3) is 0 Å². The maximum atomic E-state index is 10.8. The molecule has 0 radical (unpaired) electrons. The monoisotopic (exact) mass is 218 g/mol. The predicted molar refractivity (Wildman–Crippen MR) is 53.9 cm³/mol.